The van der Waals surface area contributed by atoms with Gasteiger partial charge in [0.25, 0.3) is 5.91 Å². The molecule has 0 fully saturated rings. The summed E-state index contributed by atoms with van der Waals surface area (Å²) in [6.45, 7) is 3.68. The zero-order valence-electron chi connectivity index (χ0n) is 11.1. The second-order valence-electron chi connectivity index (χ2n) is 4.53. The van der Waals surface area contributed by atoms with Gasteiger partial charge in [0.2, 0.25) is 0 Å². The van der Waals surface area contributed by atoms with Crippen LogP contribution in [0.4, 0.5) is 15.8 Å². The molecule has 5 heteroatoms. The second-order valence-corrected chi connectivity index (χ2v) is 5.38. The van der Waals surface area contributed by atoms with Crippen molar-refractivity contribution < 1.29 is 9.18 Å². The Morgan fingerprint density at radius 2 is 1.95 bits per heavy atom. The summed E-state index contributed by atoms with van der Waals surface area (Å²) in [5.41, 5.74) is 8.66. The molecule has 0 radical (unpaired) electrons. The molecule has 0 aliphatic heterocycles. The van der Waals surface area contributed by atoms with Gasteiger partial charge in [-0.2, -0.15) is 0 Å². The number of halogens is 2. The van der Waals surface area contributed by atoms with Crippen molar-refractivity contribution in [3.05, 3.63) is 57.3 Å². The van der Waals surface area contributed by atoms with E-state index in [4.69, 9.17) is 5.73 Å². The van der Waals surface area contributed by atoms with Crippen molar-refractivity contribution in [2.45, 2.75) is 13.8 Å². The summed E-state index contributed by atoms with van der Waals surface area (Å²) in [5.74, 6) is -1.08. The van der Waals surface area contributed by atoms with Gasteiger partial charge in [0, 0.05) is 11.4 Å². The van der Waals surface area contributed by atoms with Crippen molar-refractivity contribution in [3.8, 4) is 0 Å². The van der Waals surface area contributed by atoms with Crippen LogP contribution in [0.5, 0.6) is 0 Å². The standard InChI is InChI=1S/C15H14BrFN2O/c1-8-6-7-12(18)9(2)14(8)19-15(20)10-4-3-5-11(16)13(10)17/h3-7H,18H2,1-2H3,(H,19,20). The minimum Gasteiger partial charge on any atom is -0.398 e. The molecular formula is C15H14BrFN2O. The molecule has 3 N–H and O–H groups in total. The van der Waals surface area contributed by atoms with E-state index in [0.29, 0.717) is 11.4 Å². The number of rotatable bonds is 2. The Bertz CT molecular complexity index is 686. The first kappa shape index (κ1) is 14.5. The number of amides is 1. The molecule has 2 rings (SSSR count). The SMILES string of the molecule is Cc1ccc(N)c(C)c1NC(=O)c1cccc(Br)c1F. The first-order valence-electron chi connectivity index (χ1n) is 6.03. The van der Waals surface area contributed by atoms with Gasteiger partial charge in [0.05, 0.1) is 10.0 Å². The van der Waals surface area contributed by atoms with Gasteiger partial charge in [-0.05, 0) is 59.1 Å². The van der Waals surface area contributed by atoms with Gasteiger partial charge < -0.3 is 11.1 Å². The van der Waals surface area contributed by atoms with E-state index in [1.165, 1.54) is 6.07 Å². The van der Waals surface area contributed by atoms with Gasteiger partial charge in [-0.25, -0.2) is 4.39 Å². The van der Waals surface area contributed by atoms with Crippen LogP contribution < -0.4 is 11.1 Å². The van der Waals surface area contributed by atoms with Crippen LogP contribution in [-0.2, 0) is 0 Å². The Morgan fingerprint density at radius 3 is 2.65 bits per heavy atom. The first-order valence-corrected chi connectivity index (χ1v) is 6.82. The molecule has 0 aliphatic rings. The number of aryl methyl sites for hydroxylation is 1. The maximum atomic E-state index is 13.9. The van der Waals surface area contributed by atoms with Crippen LogP contribution in [0.1, 0.15) is 21.5 Å². The van der Waals surface area contributed by atoms with E-state index >= 15 is 0 Å². The van der Waals surface area contributed by atoms with Crippen molar-refractivity contribution in [3.63, 3.8) is 0 Å². The van der Waals surface area contributed by atoms with E-state index in [1.54, 1.807) is 18.2 Å². The maximum Gasteiger partial charge on any atom is 0.258 e. The summed E-state index contributed by atoms with van der Waals surface area (Å²) in [5, 5.41) is 2.72. The molecule has 0 unspecified atom stereocenters. The minimum atomic E-state index is -0.579. The van der Waals surface area contributed by atoms with Crippen LogP contribution in [0.25, 0.3) is 0 Å². The average molecular weight is 337 g/mol. The Morgan fingerprint density at radius 1 is 1.25 bits per heavy atom. The third kappa shape index (κ3) is 2.67. The fourth-order valence-electron chi connectivity index (χ4n) is 1.92. The smallest absolute Gasteiger partial charge is 0.258 e. The number of benzene rings is 2. The number of nitrogens with two attached hydrogens (primary N) is 1. The third-order valence-corrected chi connectivity index (χ3v) is 3.76. The predicted molar refractivity (Wildman–Crippen MR) is 82.4 cm³/mol. The monoisotopic (exact) mass is 336 g/mol. The Kier molecular flexibility index (Phi) is 4.09. The second kappa shape index (κ2) is 5.63. The zero-order valence-corrected chi connectivity index (χ0v) is 12.7. The highest BCUT2D eigenvalue weighted by Crippen LogP contribution is 2.26. The van der Waals surface area contributed by atoms with Crippen molar-refractivity contribution >= 4 is 33.2 Å². The fraction of sp³-hybridized carbons (Fsp3) is 0.133. The summed E-state index contributed by atoms with van der Waals surface area (Å²) in [4.78, 5) is 12.2. The minimum absolute atomic E-state index is 0.0133. The Labute approximate surface area is 125 Å². The van der Waals surface area contributed by atoms with Crippen LogP contribution in [0.2, 0.25) is 0 Å². The summed E-state index contributed by atoms with van der Waals surface area (Å²) < 4.78 is 14.2. The lowest BCUT2D eigenvalue weighted by Gasteiger charge is -2.14. The summed E-state index contributed by atoms with van der Waals surface area (Å²) in [6, 6.07) is 8.19. The Balaban J connectivity index is 2.38. The molecule has 0 atom stereocenters. The van der Waals surface area contributed by atoms with Gasteiger partial charge in [-0.3, -0.25) is 4.79 Å². The molecule has 0 saturated heterocycles. The average Bonchev–Trinajstić information content (AvgIpc) is 2.42. The van der Waals surface area contributed by atoms with E-state index in [-0.39, 0.29) is 10.0 Å². The van der Waals surface area contributed by atoms with E-state index in [9.17, 15) is 9.18 Å². The van der Waals surface area contributed by atoms with Crippen LogP contribution in [-0.4, -0.2) is 5.91 Å². The topological polar surface area (TPSA) is 55.1 Å². The number of anilines is 2. The van der Waals surface area contributed by atoms with Gasteiger partial charge in [0.1, 0.15) is 5.82 Å². The zero-order chi connectivity index (χ0) is 14.9. The van der Waals surface area contributed by atoms with E-state index in [0.717, 1.165) is 11.1 Å². The van der Waals surface area contributed by atoms with Gasteiger partial charge in [-0.1, -0.05) is 12.1 Å². The molecule has 0 saturated carbocycles. The van der Waals surface area contributed by atoms with Crippen molar-refractivity contribution in [2.75, 3.05) is 11.1 Å². The van der Waals surface area contributed by atoms with Crippen LogP contribution in [0.3, 0.4) is 0 Å². The Hall–Kier alpha value is -1.88. The molecule has 0 aliphatic carbocycles. The van der Waals surface area contributed by atoms with Crippen molar-refractivity contribution in [1.82, 2.24) is 0 Å². The summed E-state index contributed by atoms with van der Waals surface area (Å²) in [7, 11) is 0. The van der Waals surface area contributed by atoms with Gasteiger partial charge in [0.15, 0.2) is 0 Å². The third-order valence-electron chi connectivity index (χ3n) is 3.15. The van der Waals surface area contributed by atoms with E-state index in [1.807, 2.05) is 19.9 Å². The lowest BCUT2D eigenvalue weighted by atomic mass is 10.1. The molecular weight excluding hydrogens is 323 g/mol. The molecule has 0 aromatic heterocycles. The summed E-state index contributed by atoms with van der Waals surface area (Å²) in [6.07, 6.45) is 0. The predicted octanol–water partition coefficient (Wildman–Crippen LogP) is 4.04. The molecule has 20 heavy (non-hydrogen) atoms. The number of carbonyl (C=O) groups excluding carboxylic acids is 1. The van der Waals surface area contributed by atoms with Gasteiger partial charge >= 0.3 is 0 Å². The number of nitrogens with one attached hydrogen (secondary N) is 1. The maximum absolute atomic E-state index is 13.9. The number of carbonyl (C=O) groups is 1. The molecule has 0 bridgehead atoms. The molecule has 0 spiro atoms. The number of hydrogen-bond donors (Lipinski definition) is 2. The lowest BCUT2D eigenvalue weighted by Crippen LogP contribution is -2.16. The highest BCUT2D eigenvalue weighted by atomic mass is 79.9. The lowest BCUT2D eigenvalue weighted by molar-refractivity contribution is 0.102. The van der Waals surface area contributed by atoms with Crippen molar-refractivity contribution in [1.29, 1.82) is 0 Å². The van der Waals surface area contributed by atoms with E-state index in [2.05, 4.69) is 21.2 Å². The van der Waals surface area contributed by atoms with E-state index < -0.39 is 11.7 Å². The molecule has 0 heterocycles. The fourth-order valence-corrected chi connectivity index (χ4v) is 2.28. The highest BCUT2D eigenvalue weighted by Gasteiger charge is 2.16. The van der Waals surface area contributed by atoms with Crippen molar-refractivity contribution in [2.24, 2.45) is 0 Å². The molecule has 104 valence electrons. The van der Waals surface area contributed by atoms with Crippen LogP contribution in [0.15, 0.2) is 34.8 Å². The summed E-state index contributed by atoms with van der Waals surface area (Å²) >= 11 is 3.07. The molecule has 2 aromatic carbocycles. The largest absolute Gasteiger partial charge is 0.398 e. The molecule has 3 nitrogen and oxygen atoms in total. The normalized spacial score (nSPS) is 10.4. The van der Waals surface area contributed by atoms with Crippen LogP contribution >= 0.6 is 15.9 Å². The quantitative estimate of drug-likeness (QED) is 0.813. The molecule has 2 aromatic rings. The highest BCUT2D eigenvalue weighted by molar-refractivity contribution is 9.10. The number of nitrogen functional groups attached to an aromatic ring is 1. The number of hydrogen-bond acceptors (Lipinski definition) is 2. The first-order chi connectivity index (χ1) is 9.41. The van der Waals surface area contributed by atoms with Gasteiger partial charge in [-0.15, -0.1) is 0 Å². The molecule has 1 amide bonds. The van der Waals surface area contributed by atoms with Crippen LogP contribution in [0, 0.1) is 19.7 Å².